The Kier molecular flexibility index (Phi) is 4.52. The molecule has 0 radical (unpaired) electrons. The van der Waals surface area contributed by atoms with Crippen LogP contribution in [0.1, 0.15) is 15.2 Å². The largest absolute Gasteiger partial charge is 0.389 e. The number of carbonyl (C=O) groups excluding carboxylic acids is 1. The van der Waals surface area contributed by atoms with Crippen LogP contribution in [0.25, 0.3) is 0 Å². The molecule has 0 saturated carbocycles. The van der Waals surface area contributed by atoms with Crippen LogP contribution in [0.5, 0.6) is 0 Å². The van der Waals surface area contributed by atoms with Gasteiger partial charge in [0.25, 0.3) is 5.91 Å². The van der Waals surface area contributed by atoms with Gasteiger partial charge in [0.2, 0.25) is 0 Å². The van der Waals surface area contributed by atoms with Crippen molar-refractivity contribution in [3.8, 4) is 0 Å². The maximum Gasteiger partial charge on any atom is 0.389 e. The van der Waals surface area contributed by atoms with E-state index in [9.17, 15) is 23.7 Å². The van der Waals surface area contributed by atoms with E-state index in [4.69, 9.17) is 0 Å². The summed E-state index contributed by atoms with van der Waals surface area (Å²) in [5, 5.41) is 18.4. The molecule has 0 aliphatic heterocycles. The Morgan fingerprint density at radius 1 is 1.32 bits per heavy atom. The number of halogens is 2. The summed E-state index contributed by atoms with van der Waals surface area (Å²) in [6.45, 7) is 0.242. The second-order valence-corrected chi connectivity index (χ2v) is 5.94. The Hall–Kier alpha value is -3.14. The molecule has 0 aliphatic carbocycles. The van der Waals surface area contributed by atoms with Crippen molar-refractivity contribution in [2.45, 2.75) is 6.54 Å². The minimum absolute atomic E-state index is 0.242. The van der Waals surface area contributed by atoms with Crippen LogP contribution in [0.2, 0.25) is 0 Å². The zero-order valence-electron chi connectivity index (χ0n) is 12.5. The highest BCUT2D eigenvalue weighted by Gasteiger charge is 2.15. The van der Waals surface area contributed by atoms with Gasteiger partial charge in [-0.1, -0.05) is 0 Å². The van der Waals surface area contributed by atoms with Gasteiger partial charge < -0.3 is 15.4 Å². The van der Waals surface area contributed by atoms with E-state index in [1.165, 1.54) is 16.9 Å². The van der Waals surface area contributed by atoms with E-state index in [1.54, 1.807) is 11.4 Å². The molecule has 3 rings (SSSR count). The van der Waals surface area contributed by atoms with Crippen molar-refractivity contribution in [3.63, 3.8) is 0 Å². The highest BCUT2D eigenvalue weighted by Crippen LogP contribution is 2.20. The molecular weight excluding hydrogens is 354 g/mol. The van der Waals surface area contributed by atoms with Gasteiger partial charge in [-0.2, -0.15) is 4.68 Å². The fourth-order valence-electron chi connectivity index (χ4n) is 2.08. The molecule has 0 spiro atoms. The Morgan fingerprint density at radius 3 is 2.84 bits per heavy atom. The van der Waals surface area contributed by atoms with Gasteiger partial charge >= 0.3 is 5.82 Å². The van der Waals surface area contributed by atoms with Crippen LogP contribution in [0.3, 0.4) is 0 Å². The van der Waals surface area contributed by atoms with Crippen LogP contribution in [-0.4, -0.2) is 20.6 Å². The maximum atomic E-state index is 13.6. The quantitative estimate of drug-likeness (QED) is 0.555. The number of nitro groups is 1. The summed E-state index contributed by atoms with van der Waals surface area (Å²) in [7, 11) is 0. The molecule has 10 heteroatoms. The first-order valence-electron chi connectivity index (χ1n) is 6.94. The summed E-state index contributed by atoms with van der Waals surface area (Å²) < 4.78 is 28.1. The number of nitrogens with zero attached hydrogens (tertiary/aromatic N) is 3. The third-order valence-electron chi connectivity index (χ3n) is 3.21. The average Bonchev–Trinajstić information content (AvgIpc) is 3.21. The molecule has 0 unspecified atom stereocenters. The predicted molar refractivity (Wildman–Crippen MR) is 86.6 cm³/mol. The number of thiophene rings is 1. The minimum Gasteiger partial charge on any atom is -0.358 e. The zero-order chi connectivity index (χ0) is 18.0. The molecule has 1 N–H and O–H groups in total. The average molecular weight is 364 g/mol. The molecule has 7 nitrogen and oxygen atoms in total. The minimum atomic E-state index is -0.740. The van der Waals surface area contributed by atoms with Crippen LogP contribution >= 0.6 is 11.3 Å². The van der Waals surface area contributed by atoms with E-state index in [-0.39, 0.29) is 18.1 Å². The van der Waals surface area contributed by atoms with E-state index in [1.807, 2.05) is 0 Å². The van der Waals surface area contributed by atoms with Gasteiger partial charge in [-0.15, -0.1) is 11.3 Å². The fraction of sp³-hybridized carbons (Fsp3) is 0.0667. The van der Waals surface area contributed by atoms with Gasteiger partial charge in [0, 0.05) is 6.07 Å². The molecule has 0 saturated heterocycles. The number of anilines is 1. The molecule has 0 atom stereocenters. The summed E-state index contributed by atoms with van der Waals surface area (Å²) in [6.07, 6.45) is 1.46. The standard InChI is InChI=1S/C15H10F2N4O3S/c16-10-1-2-11(17)12(6-10)18-15(22)13-5-9(8-25-13)7-20-4-3-14(19-20)21(23)24/h1-6,8H,7H2,(H,18,22). The molecule has 1 amide bonds. The Labute approximate surface area is 143 Å². The predicted octanol–water partition coefficient (Wildman–Crippen LogP) is 3.43. The van der Waals surface area contributed by atoms with Crippen molar-refractivity contribution in [2.24, 2.45) is 0 Å². The molecule has 25 heavy (non-hydrogen) atoms. The lowest BCUT2D eigenvalue weighted by atomic mass is 10.2. The van der Waals surface area contributed by atoms with Crippen LogP contribution in [0, 0.1) is 21.7 Å². The topological polar surface area (TPSA) is 90.1 Å². The lowest BCUT2D eigenvalue weighted by Crippen LogP contribution is -2.11. The molecule has 1 aromatic carbocycles. The van der Waals surface area contributed by atoms with Gasteiger partial charge in [-0.25, -0.2) is 8.78 Å². The summed E-state index contributed by atoms with van der Waals surface area (Å²) in [4.78, 5) is 22.4. The van der Waals surface area contributed by atoms with E-state index in [2.05, 4.69) is 10.4 Å². The Bertz CT molecular complexity index is 954. The van der Waals surface area contributed by atoms with Crippen LogP contribution in [-0.2, 0) is 6.54 Å². The molecule has 3 aromatic rings. The fourth-order valence-corrected chi connectivity index (χ4v) is 2.88. The van der Waals surface area contributed by atoms with Gasteiger partial charge in [0.1, 0.15) is 11.6 Å². The second kappa shape index (κ2) is 6.77. The summed E-state index contributed by atoms with van der Waals surface area (Å²) in [5.41, 5.74) is 0.454. The van der Waals surface area contributed by atoms with Gasteiger partial charge in [0.15, 0.2) is 0 Å². The number of amides is 1. The number of hydrogen-bond acceptors (Lipinski definition) is 5. The molecule has 0 bridgehead atoms. The SMILES string of the molecule is O=C(Nc1cc(F)ccc1F)c1cc(Cn2ccc([N+](=O)[O-])n2)cs1. The van der Waals surface area contributed by atoms with Crippen LogP contribution in [0.4, 0.5) is 20.3 Å². The number of nitrogens with one attached hydrogen (secondary N) is 1. The smallest absolute Gasteiger partial charge is 0.358 e. The Balaban J connectivity index is 1.70. The monoisotopic (exact) mass is 364 g/mol. The number of aromatic nitrogens is 2. The van der Waals surface area contributed by atoms with Crippen LogP contribution < -0.4 is 5.32 Å². The first-order chi connectivity index (χ1) is 11.9. The molecule has 128 valence electrons. The summed E-state index contributed by atoms with van der Waals surface area (Å²) >= 11 is 1.12. The van der Waals surface area contributed by atoms with Crippen molar-refractivity contribution in [1.82, 2.24) is 9.78 Å². The molecular formula is C15H10F2N4O3S. The lowest BCUT2D eigenvalue weighted by molar-refractivity contribution is -0.389. The maximum absolute atomic E-state index is 13.6. The molecule has 2 heterocycles. The lowest BCUT2D eigenvalue weighted by Gasteiger charge is -2.04. The molecule has 0 aliphatic rings. The Morgan fingerprint density at radius 2 is 2.12 bits per heavy atom. The van der Waals surface area contributed by atoms with Crippen molar-refractivity contribution in [2.75, 3.05) is 5.32 Å². The van der Waals surface area contributed by atoms with Crippen molar-refractivity contribution >= 4 is 28.7 Å². The third-order valence-corrected chi connectivity index (χ3v) is 4.19. The first-order valence-corrected chi connectivity index (χ1v) is 7.82. The van der Waals surface area contributed by atoms with Crippen molar-refractivity contribution in [1.29, 1.82) is 0 Å². The number of rotatable bonds is 5. The normalized spacial score (nSPS) is 10.6. The van der Waals surface area contributed by atoms with E-state index in [0.717, 1.165) is 29.5 Å². The highest BCUT2D eigenvalue weighted by molar-refractivity contribution is 7.12. The molecule has 2 aromatic heterocycles. The zero-order valence-corrected chi connectivity index (χ0v) is 13.3. The first kappa shape index (κ1) is 16.7. The van der Waals surface area contributed by atoms with Gasteiger partial charge in [-0.05, 0) is 34.1 Å². The molecule has 0 fully saturated rings. The number of hydrogen-bond donors (Lipinski definition) is 1. The number of carbonyl (C=O) groups is 1. The van der Waals surface area contributed by atoms with Gasteiger partial charge in [-0.3, -0.25) is 4.79 Å². The van der Waals surface area contributed by atoms with Crippen molar-refractivity contribution in [3.05, 3.63) is 74.1 Å². The highest BCUT2D eigenvalue weighted by atomic mass is 32.1. The van der Waals surface area contributed by atoms with E-state index >= 15 is 0 Å². The summed E-state index contributed by atoms with van der Waals surface area (Å²) in [5.74, 6) is -2.25. The van der Waals surface area contributed by atoms with Crippen LogP contribution in [0.15, 0.2) is 41.9 Å². The van der Waals surface area contributed by atoms with E-state index in [0.29, 0.717) is 10.4 Å². The number of benzene rings is 1. The summed E-state index contributed by atoms with van der Waals surface area (Å²) in [6, 6.07) is 5.61. The second-order valence-electron chi connectivity index (χ2n) is 5.03. The van der Waals surface area contributed by atoms with E-state index < -0.39 is 22.5 Å². The van der Waals surface area contributed by atoms with Gasteiger partial charge in [0.05, 0.1) is 34.5 Å². The third kappa shape index (κ3) is 3.86. The van der Waals surface area contributed by atoms with Crippen molar-refractivity contribution < 1.29 is 18.5 Å².